The van der Waals surface area contributed by atoms with Crippen LogP contribution in [0.15, 0.2) is 0 Å². The lowest BCUT2D eigenvalue weighted by Gasteiger charge is -2.47. The second-order valence-corrected chi connectivity index (χ2v) is 4.65. The van der Waals surface area contributed by atoms with Crippen molar-refractivity contribution in [3.63, 3.8) is 0 Å². The largest absolute Gasteiger partial charge is 0.790 e. The Morgan fingerprint density at radius 2 is 1.35 bits per heavy atom. The Labute approximate surface area is 94.8 Å². The first-order chi connectivity index (χ1) is 7.69. The van der Waals surface area contributed by atoms with Crippen LogP contribution in [0, 0.1) is 0 Å². The maximum atomic E-state index is 10.3. The van der Waals surface area contributed by atoms with Crippen LogP contribution in [-0.4, -0.2) is 57.0 Å². The maximum Gasteiger partial charge on any atom is 0.120 e. The summed E-state index contributed by atoms with van der Waals surface area (Å²) in [7, 11) is -5.56. The summed E-state index contributed by atoms with van der Waals surface area (Å²) in [6.45, 7) is 0. The summed E-state index contributed by atoms with van der Waals surface area (Å²) >= 11 is 0. The molecular formula is C6H10O10P-3. The van der Waals surface area contributed by atoms with E-state index in [4.69, 9.17) is 0 Å². The van der Waals surface area contributed by atoms with Gasteiger partial charge in [0.15, 0.2) is 0 Å². The zero-order valence-electron chi connectivity index (χ0n) is 8.15. The van der Waals surface area contributed by atoms with Gasteiger partial charge in [0, 0.05) is 0 Å². The number of aliphatic hydroxyl groups is 4. The van der Waals surface area contributed by atoms with E-state index < -0.39 is 44.4 Å². The van der Waals surface area contributed by atoms with Gasteiger partial charge in [-0.05, 0) is 0 Å². The number of hydrogen-bond acceptors (Lipinski definition) is 10. The fourth-order valence-electron chi connectivity index (χ4n) is 1.57. The molecule has 0 spiro atoms. The highest BCUT2D eigenvalue weighted by Crippen LogP contribution is 2.34. The van der Waals surface area contributed by atoms with Crippen LogP contribution in [0.4, 0.5) is 0 Å². The third-order valence-electron chi connectivity index (χ3n) is 2.41. The van der Waals surface area contributed by atoms with E-state index in [0.717, 1.165) is 0 Å². The molecule has 0 amide bonds. The van der Waals surface area contributed by atoms with Gasteiger partial charge in [-0.3, -0.25) is 0 Å². The number of aliphatic hydroxyl groups excluding tert-OH is 4. The minimum atomic E-state index is -5.56. The molecule has 0 radical (unpaired) electrons. The van der Waals surface area contributed by atoms with E-state index in [-0.39, 0.29) is 0 Å². The van der Waals surface area contributed by atoms with Gasteiger partial charge in [-0.15, -0.1) is 0 Å². The van der Waals surface area contributed by atoms with Gasteiger partial charge in [0.05, 0.1) is 7.82 Å². The molecule has 0 aliphatic heterocycles. The van der Waals surface area contributed by atoms with E-state index in [1.165, 1.54) is 0 Å². The lowest BCUT2D eigenvalue weighted by molar-refractivity contribution is -0.710. The summed E-state index contributed by atoms with van der Waals surface area (Å²) in [4.78, 5) is 24.1. The first-order valence-electron chi connectivity index (χ1n) is 4.40. The van der Waals surface area contributed by atoms with E-state index >= 15 is 0 Å². The number of hydrogen-bond donors (Lipinski definition) is 4. The molecule has 0 unspecified atom stereocenters. The van der Waals surface area contributed by atoms with E-state index in [9.17, 15) is 40.0 Å². The molecule has 1 saturated carbocycles. The van der Waals surface area contributed by atoms with E-state index in [0.29, 0.717) is 0 Å². The van der Waals surface area contributed by atoms with Gasteiger partial charge in [-0.25, -0.2) is 0 Å². The molecule has 4 N–H and O–H groups in total. The summed E-state index contributed by atoms with van der Waals surface area (Å²) in [5.74, 6) is 0. The molecule has 0 aromatic rings. The molecular weight excluding hydrogens is 263 g/mol. The van der Waals surface area contributed by atoms with E-state index in [1.807, 2.05) is 0 Å². The van der Waals surface area contributed by atoms with Gasteiger partial charge in [-0.1, -0.05) is 0 Å². The first kappa shape index (κ1) is 14.9. The highest BCUT2D eigenvalue weighted by atomic mass is 31.2. The topological polar surface area (TPSA) is 186 Å². The minimum Gasteiger partial charge on any atom is -0.790 e. The highest BCUT2D eigenvalue weighted by Gasteiger charge is 2.49. The Bertz CT molecular complexity index is 303. The Kier molecular flexibility index (Phi) is 4.60. The average molecular weight is 273 g/mol. The lowest BCUT2D eigenvalue weighted by Crippen LogP contribution is -2.65. The monoisotopic (exact) mass is 273 g/mol. The van der Waals surface area contributed by atoms with Crippen LogP contribution in [0.25, 0.3) is 0 Å². The Morgan fingerprint density at radius 1 is 0.882 bits per heavy atom. The maximum absolute atomic E-state index is 10.3. The van der Waals surface area contributed by atoms with Crippen LogP contribution >= 0.6 is 7.82 Å². The van der Waals surface area contributed by atoms with Crippen molar-refractivity contribution in [1.82, 2.24) is 0 Å². The molecule has 1 aliphatic rings. The second kappa shape index (κ2) is 5.24. The number of phosphoric acid groups is 1. The van der Waals surface area contributed by atoms with Gasteiger partial charge < -0.3 is 49.4 Å². The van der Waals surface area contributed by atoms with Crippen LogP contribution in [0.2, 0.25) is 0 Å². The van der Waals surface area contributed by atoms with Crippen molar-refractivity contribution in [1.29, 1.82) is 0 Å². The highest BCUT2D eigenvalue weighted by molar-refractivity contribution is 7.43. The fraction of sp³-hybridized carbons (Fsp3) is 1.00. The summed E-state index contributed by atoms with van der Waals surface area (Å²) in [6.07, 6.45) is -12.1. The third kappa shape index (κ3) is 3.20. The zero-order valence-corrected chi connectivity index (χ0v) is 9.04. The molecule has 1 rings (SSSR count). The molecule has 11 heteroatoms. The summed E-state index contributed by atoms with van der Waals surface area (Å²) in [5, 5.41) is 47.3. The Morgan fingerprint density at radius 3 is 1.76 bits per heavy atom. The molecule has 6 atom stereocenters. The second-order valence-electron chi connectivity index (χ2n) is 3.54. The quantitative estimate of drug-likeness (QED) is 0.219. The van der Waals surface area contributed by atoms with Crippen LogP contribution in [0.3, 0.4) is 0 Å². The Hall–Kier alpha value is -0.130. The molecule has 17 heavy (non-hydrogen) atoms. The van der Waals surface area contributed by atoms with Gasteiger partial charge in [0.2, 0.25) is 0 Å². The molecule has 1 aliphatic carbocycles. The summed E-state index contributed by atoms with van der Waals surface area (Å²) in [5.41, 5.74) is 0. The fourth-order valence-corrected chi connectivity index (χ4v) is 2.12. The predicted molar refractivity (Wildman–Crippen MR) is 41.4 cm³/mol. The lowest BCUT2D eigenvalue weighted by atomic mass is 9.85. The smallest absolute Gasteiger partial charge is 0.120 e. The van der Waals surface area contributed by atoms with Gasteiger partial charge >= 0.3 is 0 Å². The molecule has 0 saturated heterocycles. The SMILES string of the molecule is O=P([O-])([O-])O[C@@H]1[C@@H](O)[C@H](O[O-])[C@@H](O)[C@@H](O)[C@H]1O. The molecule has 102 valence electrons. The van der Waals surface area contributed by atoms with Crippen molar-refractivity contribution in [3.8, 4) is 0 Å². The van der Waals surface area contributed by atoms with Crippen molar-refractivity contribution in [2.24, 2.45) is 0 Å². The normalized spacial score (nSPS) is 43.7. The van der Waals surface area contributed by atoms with Crippen molar-refractivity contribution in [2.75, 3.05) is 0 Å². The van der Waals surface area contributed by atoms with E-state index in [2.05, 4.69) is 9.41 Å². The molecule has 0 bridgehead atoms. The zero-order chi connectivity index (χ0) is 13.4. The van der Waals surface area contributed by atoms with Crippen molar-refractivity contribution in [2.45, 2.75) is 36.6 Å². The third-order valence-corrected chi connectivity index (χ3v) is 2.91. The van der Waals surface area contributed by atoms with Crippen molar-refractivity contribution in [3.05, 3.63) is 0 Å². The summed E-state index contributed by atoms with van der Waals surface area (Å²) < 4.78 is 14.1. The molecule has 0 heterocycles. The minimum absolute atomic E-state index is 1.94. The van der Waals surface area contributed by atoms with Crippen molar-refractivity contribution >= 4 is 7.82 Å². The molecule has 10 nitrogen and oxygen atoms in total. The van der Waals surface area contributed by atoms with Gasteiger partial charge in [0.1, 0.15) is 36.6 Å². The number of rotatable bonds is 3. The van der Waals surface area contributed by atoms with Crippen LogP contribution in [-0.2, 0) is 14.0 Å². The molecule has 1 fully saturated rings. The average Bonchev–Trinajstić information content (AvgIpc) is 2.21. The van der Waals surface area contributed by atoms with Gasteiger partial charge in [-0.2, -0.15) is 0 Å². The first-order valence-corrected chi connectivity index (χ1v) is 5.86. The van der Waals surface area contributed by atoms with E-state index in [1.54, 1.807) is 0 Å². The molecule has 0 aromatic carbocycles. The standard InChI is InChI=1S/C6H13O10P/c7-1-2(8)5(15-11)4(10)6(3(1)9)16-17(12,13)14/h1-11H,(H2,12,13,14)/p-3/t1-,2+,3-,4+,5-,6+/m1/s1. The van der Waals surface area contributed by atoms with Gasteiger partial charge in [0.25, 0.3) is 0 Å². The summed E-state index contributed by atoms with van der Waals surface area (Å²) in [6, 6.07) is 0. The van der Waals surface area contributed by atoms with Crippen LogP contribution in [0.1, 0.15) is 0 Å². The van der Waals surface area contributed by atoms with Crippen LogP contribution < -0.4 is 15.0 Å². The molecule has 0 aromatic heterocycles. The predicted octanol–water partition coefficient (Wildman–Crippen LogP) is -5.68. The Balaban J connectivity index is 2.91. The number of phosphoric ester groups is 1. The van der Waals surface area contributed by atoms with Crippen molar-refractivity contribution < 1.29 is 49.4 Å². The van der Waals surface area contributed by atoms with Crippen LogP contribution in [0.5, 0.6) is 0 Å².